The molecule has 0 aliphatic heterocycles. The summed E-state index contributed by atoms with van der Waals surface area (Å²) in [5.41, 5.74) is 9.10. The Bertz CT molecular complexity index is 2190. The molecule has 2 bridgehead atoms. The van der Waals surface area contributed by atoms with Gasteiger partial charge in [-0.1, -0.05) is 46.6 Å². The van der Waals surface area contributed by atoms with E-state index in [0.29, 0.717) is 49.1 Å². The zero-order chi connectivity index (χ0) is 32.7. The lowest BCUT2D eigenvalue weighted by Gasteiger charge is -2.48. The van der Waals surface area contributed by atoms with Gasteiger partial charge in [0.15, 0.2) is 11.4 Å². The lowest BCUT2D eigenvalue weighted by Crippen LogP contribution is -2.66. The number of fused-ring (bicyclic) bond motifs is 5. The number of carbonyl (C=O) groups excluding carboxylic acids is 2. The summed E-state index contributed by atoms with van der Waals surface area (Å²) in [5.74, 6) is -1.23. The van der Waals surface area contributed by atoms with Crippen LogP contribution in [-0.4, -0.2) is 64.8 Å². The number of aryl methyl sites for hydroxylation is 1. The van der Waals surface area contributed by atoms with Crippen LogP contribution in [0.15, 0.2) is 70.4 Å². The van der Waals surface area contributed by atoms with Crippen LogP contribution >= 0.6 is 15.9 Å². The van der Waals surface area contributed by atoms with Crippen molar-refractivity contribution < 1.29 is 27.5 Å². The van der Waals surface area contributed by atoms with E-state index in [2.05, 4.69) is 20.9 Å². The van der Waals surface area contributed by atoms with Crippen molar-refractivity contribution >= 4 is 48.4 Å². The summed E-state index contributed by atoms with van der Waals surface area (Å²) in [7, 11) is -1.10. The van der Waals surface area contributed by atoms with E-state index in [1.807, 2.05) is 26.0 Å². The molecule has 5 aromatic rings. The fraction of sp³-hybridized carbons (Fsp3) is 0.273. The van der Waals surface area contributed by atoms with Crippen LogP contribution in [0, 0.1) is 12.8 Å². The van der Waals surface area contributed by atoms with Crippen LogP contribution in [0.2, 0.25) is 0 Å². The molecular weight excluding hydrogens is 674 g/mol. The molecule has 2 aliphatic carbocycles. The van der Waals surface area contributed by atoms with Gasteiger partial charge in [0.25, 0.3) is 10.0 Å². The second-order valence-corrected chi connectivity index (χ2v) is 14.6. The van der Waals surface area contributed by atoms with E-state index in [1.165, 1.54) is 24.4 Å². The molecule has 46 heavy (non-hydrogen) atoms. The van der Waals surface area contributed by atoms with Gasteiger partial charge in [0, 0.05) is 46.4 Å². The van der Waals surface area contributed by atoms with Gasteiger partial charge in [-0.05, 0) is 49.1 Å². The van der Waals surface area contributed by atoms with Crippen LogP contribution < -0.4 is 10.5 Å². The molecule has 3 aromatic heterocycles. The number of aromatic amines is 1. The highest BCUT2D eigenvalue weighted by Gasteiger charge is 2.60. The van der Waals surface area contributed by atoms with E-state index in [4.69, 9.17) is 25.2 Å². The van der Waals surface area contributed by atoms with E-state index in [-0.39, 0.29) is 34.7 Å². The van der Waals surface area contributed by atoms with Gasteiger partial charge in [-0.25, -0.2) is 22.4 Å². The zero-order valence-corrected chi connectivity index (χ0v) is 27.8. The van der Waals surface area contributed by atoms with Gasteiger partial charge in [0.2, 0.25) is 11.7 Å². The lowest BCUT2D eigenvalue weighted by molar-refractivity contribution is -0.137. The SMILES string of the molecule is COc1nc(-c2c[nH]c3c2[C@H]2C[C@@](OC)(C3=O)[C@@H](N)C(=O)[C@H]2C)cnc1-c1cn(S(=O)(=O)c2ccc(C)cc2)c2cc(Br)ccc12. The quantitative estimate of drug-likeness (QED) is 0.248. The van der Waals surface area contributed by atoms with Crippen LogP contribution in [0.5, 0.6) is 5.88 Å². The monoisotopic (exact) mass is 703 g/mol. The number of Topliss-reactive ketones (excluding diaryl/α,β-unsaturated/α-hetero) is 2. The van der Waals surface area contributed by atoms with Gasteiger partial charge in [-0.2, -0.15) is 0 Å². The van der Waals surface area contributed by atoms with Gasteiger partial charge >= 0.3 is 0 Å². The third-order valence-electron chi connectivity index (χ3n) is 9.43. The first kappa shape index (κ1) is 30.5. The largest absolute Gasteiger partial charge is 0.479 e. The molecule has 1 saturated carbocycles. The van der Waals surface area contributed by atoms with Crippen LogP contribution in [0.4, 0.5) is 0 Å². The van der Waals surface area contributed by atoms with Gasteiger partial charge in [-0.3, -0.25) is 9.59 Å². The third-order valence-corrected chi connectivity index (χ3v) is 11.6. The number of halogens is 1. The van der Waals surface area contributed by atoms with Crippen molar-refractivity contribution in [2.24, 2.45) is 11.7 Å². The van der Waals surface area contributed by atoms with Gasteiger partial charge in [0.1, 0.15) is 11.7 Å². The molecule has 2 aliphatic rings. The maximum absolute atomic E-state index is 13.9. The van der Waals surface area contributed by atoms with Crippen molar-refractivity contribution in [3.63, 3.8) is 0 Å². The zero-order valence-electron chi connectivity index (χ0n) is 25.4. The summed E-state index contributed by atoms with van der Waals surface area (Å²) in [4.78, 5) is 39.6. The number of benzene rings is 2. The van der Waals surface area contributed by atoms with E-state index < -0.39 is 27.6 Å². The molecule has 11 nitrogen and oxygen atoms in total. The highest BCUT2D eigenvalue weighted by Crippen LogP contribution is 2.51. The number of hydrogen-bond donors (Lipinski definition) is 2. The van der Waals surface area contributed by atoms with Crippen LogP contribution in [0.25, 0.3) is 33.4 Å². The number of ketones is 2. The molecule has 0 saturated heterocycles. The Morgan fingerprint density at radius 3 is 2.54 bits per heavy atom. The minimum absolute atomic E-state index is 0.149. The number of ether oxygens (including phenoxy) is 2. The molecular formula is C33H30BrN5O6S. The summed E-state index contributed by atoms with van der Waals surface area (Å²) < 4.78 is 41.0. The predicted molar refractivity (Wildman–Crippen MR) is 174 cm³/mol. The number of rotatable bonds is 6. The second-order valence-electron chi connectivity index (χ2n) is 11.8. The first-order valence-corrected chi connectivity index (χ1v) is 16.8. The maximum atomic E-state index is 13.9. The number of hydrogen-bond acceptors (Lipinski definition) is 9. The maximum Gasteiger partial charge on any atom is 0.268 e. The molecule has 3 N–H and O–H groups in total. The van der Waals surface area contributed by atoms with Gasteiger partial charge < -0.3 is 20.2 Å². The lowest BCUT2D eigenvalue weighted by atomic mass is 9.60. The first-order valence-electron chi connectivity index (χ1n) is 14.6. The molecule has 13 heteroatoms. The fourth-order valence-electron chi connectivity index (χ4n) is 6.87. The van der Waals surface area contributed by atoms with E-state index in [1.54, 1.807) is 42.7 Å². The molecule has 0 spiro atoms. The summed E-state index contributed by atoms with van der Waals surface area (Å²) in [5, 5.41) is 0.630. The number of aromatic nitrogens is 4. The van der Waals surface area contributed by atoms with Crippen molar-refractivity contribution in [2.75, 3.05) is 14.2 Å². The number of nitrogens with two attached hydrogens (primary N) is 1. The average Bonchev–Trinajstić information content (AvgIpc) is 3.66. The predicted octanol–water partition coefficient (Wildman–Crippen LogP) is 5.01. The normalized spacial score (nSPS) is 22.7. The molecule has 3 heterocycles. The summed E-state index contributed by atoms with van der Waals surface area (Å²) in [6, 6.07) is 11.0. The molecule has 1 fully saturated rings. The van der Waals surface area contributed by atoms with E-state index in [0.717, 1.165) is 5.56 Å². The first-order chi connectivity index (χ1) is 21.9. The Kier molecular flexibility index (Phi) is 7.09. The van der Waals surface area contributed by atoms with Crippen molar-refractivity contribution in [1.29, 1.82) is 0 Å². The smallest absolute Gasteiger partial charge is 0.268 e. The minimum atomic E-state index is -3.97. The highest BCUT2D eigenvalue weighted by atomic mass is 79.9. The van der Waals surface area contributed by atoms with Gasteiger partial charge in [-0.15, -0.1) is 0 Å². The number of carbonyl (C=O) groups is 2. The fourth-order valence-corrected chi connectivity index (χ4v) is 8.58. The molecule has 4 atom stereocenters. The van der Waals surface area contributed by atoms with Crippen molar-refractivity contribution in [1.82, 2.24) is 18.9 Å². The summed E-state index contributed by atoms with van der Waals surface area (Å²) >= 11 is 3.47. The Morgan fingerprint density at radius 2 is 1.85 bits per heavy atom. The average molecular weight is 705 g/mol. The number of nitrogens with zero attached hydrogens (tertiary/aromatic N) is 3. The number of H-pyrrole nitrogens is 1. The van der Waals surface area contributed by atoms with Crippen LogP contribution in [-0.2, 0) is 19.6 Å². The number of methoxy groups -OCH3 is 2. The van der Waals surface area contributed by atoms with Crippen LogP contribution in [0.1, 0.15) is 40.9 Å². The standard InChI is InChI=1S/C33H30BrN5O6S/c1-16-5-8-19(9-6-16)46(42,43)39-15-23(20-10-7-18(34)11-25(20)39)27-32(44-3)38-24(14-37-27)22-13-36-28-26(22)21-12-33(45-4,31(28)41)30(35)29(40)17(21)2/h5-11,13-15,17,21,30,36H,12,35H2,1-4H3/t17-,21-,30-,33-/m0/s1. The molecule has 0 unspecified atom stereocenters. The molecule has 2 aromatic carbocycles. The second kappa shape index (κ2) is 10.7. The Labute approximate surface area is 273 Å². The Morgan fingerprint density at radius 1 is 1.11 bits per heavy atom. The van der Waals surface area contributed by atoms with Crippen molar-refractivity contribution in [3.8, 4) is 28.4 Å². The Balaban J connectivity index is 1.37. The third kappa shape index (κ3) is 4.25. The molecule has 0 radical (unpaired) electrons. The van der Waals surface area contributed by atoms with E-state index >= 15 is 0 Å². The Hall–Kier alpha value is -4.17. The minimum Gasteiger partial charge on any atom is -0.479 e. The molecule has 7 rings (SSSR count). The molecule has 236 valence electrons. The van der Waals surface area contributed by atoms with Crippen molar-refractivity contribution in [2.45, 2.75) is 42.7 Å². The molecule has 0 amide bonds. The van der Waals surface area contributed by atoms with E-state index in [9.17, 15) is 18.0 Å². The van der Waals surface area contributed by atoms with Gasteiger partial charge in [0.05, 0.1) is 35.1 Å². The van der Waals surface area contributed by atoms with Crippen molar-refractivity contribution in [3.05, 3.63) is 82.3 Å². The highest BCUT2D eigenvalue weighted by molar-refractivity contribution is 9.10. The van der Waals surface area contributed by atoms with Crippen LogP contribution in [0.3, 0.4) is 0 Å². The number of nitrogens with one attached hydrogen (secondary N) is 1. The summed E-state index contributed by atoms with van der Waals surface area (Å²) in [6.07, 6.45) is 5.02. The topological polar surface area (TPSA) is 159 Å². The summed E-state index contributed by atoms with van der Waals surface area (Å²) in [6.45, 7) is 3.71.